The summed E-state index contributed by atoms with van der Waals surface area (Å²) in [5.74, 6) is 0.594. The zero-order valence-corrected chi connectivity index (χ0v) is 13.3. The number of ether oxygens (including phenoxy) is 1. The Morgan fingerprint density at radius 3 is 2.67 bits per heavy atom. The first kappa shape index (κ1) is 14.7. The third kappa shape index (κ3) is 3.52. The third-order valence-corrected chi connectivity index (χ3v) is 4.26. The molecule has 3 rings (SSSR count). The van der Waals surface area contributed by atoms with Crippen LogP contribution in [0.4, 0.5) is 0 Å². The van der Waals surface area contributed by atoms with Crippen molar-refractivity contribution in [2.75, 3.05) is 7.11 Å². The van der Waals surface area contributed by atoms with E-state index in [2.05, 4.69) is 17.4 Å². The first-order valence-corrected chi connectivity index (χ1v) is 7.78. The van der Waals surface area contributed by atoms with E-state index in [1.165, 1.54) is 18.4 Å². The number of rotatable bonds is 5. The van der Waals surface area contributed by atoms with Crippen molar-refractivity contribution in [1.82, 2.24) is 5.32 Å². The van der Waals surface area contributed by atoms with Crippen LogP contribution in [0.2, 0.25) is 10.0 Å². The molecule has 4 heteroatoms. The zero-order chi connectivity index (χ0) is 14.8. The normalized spacial score (nSPS) is 14.2. The molecule has 0 amide bonds. The molecule has 0 radical (unpaired) electrons. The topological polar surface area (TPSA) is 21.3 Å². The molecule has 1 fully saturated rings. The van der Waals surface area contributed by atoms with Gasteiger partial charge < -0.3 is 10.1 Å². The van der Waals surface area contributed by atoms with E-state index in [-0.39, 0.29) is 0 Å². The summed E-state index contributed by atoms with van der Waals surface area (Å²) >= 11 is 12.6. The van der Waals surface area contributed by atoms with Gasteiger partial charge in [-0.25, -0.2) is 0 Å². The molecule has 0 saturated heterocycles. The SMILES string of the molecule is COc1cc(Cl)c(-c2cccc(CNC3CC3)c2)cc1Cl. The van der Waals surface area contributed by atoms with E-state index >= 15 is 0 Å². The monoisotopic (exact) mass is 321 g/mol. The van der Waals surface area contributed by atoms with E-state index < -0.39 is 0 Å². The van der Waals surface area contributed by atoms with Gasteiger partial charge in [-0.15, -0.1) is 0 Å². The highest BCUT2D eigenvalue weighted by Crippen LogP contribution is 2.36. The Morgan fingerprint density at radius 1 is 1.14 bits per heavy atom. The van der Waals surface area contributed by atoms with Crippen molar-refractivity contribution in [3.05, 3.63) is 52.0 Å². The Labute approximate surface area is 135 Å². The minimum absolute atomic E-state index is 0.568. The van der Waals surface area contributed by atoms with Crippen molar-refractivity contribution in [3.63, 3.8) is 0 Å². The van der Waals surface area contributed by atoms with E-state index in [0.29, 0.717) is 21.8 Å². The summed E-state index contributed by atoms with van der Waals surface area (Å²) < 4.78 is 5.19. The van der Waals surface area contributed by atoms with Crippen LogP contribution in [0, 0.1) is 0 Å². The second-order valence-electron chi connectivity index (χ2n) is 5.32. The van der Waals surface area contributed by atoms with Crippen molar-refractivity contribution in [2.24, 2.45) is 0 Å². The summed E-state index contributed by atoms with van der Waals surface area (Å²) in [5, 5.41) is 4.73. The number of halogens is 2. The van der Waals surface area contributed by atoms with Gasteiger partial charge in [0.05, 0.1) is 17.2 Å². The summed E-state index contributed by atoms with van der Waals surface area (Å²) in [6.45, 7) is 0.889. The summed E-state index contributed by atoms with van der Waals surface area (Å²) in [5.41, 5.74) is 3.25. The number of hydrogen-bond acceptors (Lipinski definition) is 2. The lowest BCUT2D eigenvalue weighted by atomic mass is 10.0. The lowest BCUT2D eigenvalue weighted by Crippen LogP contribution is -2.15. The van der Waals surface area contributed by atoms with E-state index in [0.717, 1.165) is 17.7 Å². The molecule has 1 aliphatic carbocycles. The first-order chi connectivity index (χ1) is 10.2. The van der Waals surface area contributed by atoms with Crippen LogP contribution in [0.1, 0.15) is 18.4 Å². The molecule has 110 valence electrons. The second-order valence-corrected chi connectivity index (χ2v) is 6.14. The molecule has 2 aromatic rings. The van der Waals surface area contributed by atoms with Gasteiger partial charge in [0.25, 0.3) is 0 Å². The Morgan fingerprint density at radius 2 is 1.95 bits per heavy atom. The van der Waals surface area contributed by atoms with E-state index in [1.54, 1.807) is 13.2 Å². The van der Waals surface area contributed by atoms with Crippen LogP contribution >= 0.6 is 23.2 Å². The largest absolute Gasteiger partial charge is 0.495 e. The lowest BCUT2D eigenvalue weighted by Gasteiger charge is -2.11. The fraction of sp³-hybridized carbons (Fsp3) is 0.294. The van der Waals surface area contributed by atoms with Crippen LogP contribution in [0.15, 0.2) is 36.4 Å². The number of hydrogen-bond donors (Lipinski definition) is 1. The molecule has 2 nitrogen and oxygen atoms in total. The van der Waals surface area contributed by atoms with Gasteiger partial charge >= 0.3 is 0 Å². The van der Waals surface area contributed by atoms with Crippen LogP contribution in [-0.4, -0.2) is 13.2 Å². The third-order valence-electron chi connectivity index (χ3n) is 3.65. The molecule has 1 saturated carbocycles. The van der Waals surface area contributed by atoms with Crippen molar-refractivity contribution in [2.45, 2.75) is 25.4 Å². The Kier molecular flexibility index (Phi) is 4.39. The van der Waals surface area contributed by atoms with Gasteiger partial charge in [-0.2, -0.15) is 0 Å². The highest BCUT2D eigenvalue weighted by molar-refractivity contribution is 6.36. The highest BCUT2D eigenvalue weighted by atomic mass is 35.5. The molecule has 1 aliphatic rings. The highest BCUT2D eigenvalue weighted by Gasteiger charge is 2.20. The predicted octanol–water partition coefficient (Wildman–Crippen LogP) is 4.92. The van der Waals surface area contributed by atoms with Crippen LogP contribution in [0.5, 0.6) is 5.75 Å². The molecule has 0 aliphatic heterocycles. The quantitative estimate of drug-likeness (QED) is 0.843. The van der Waals surface area contributed by atoms with E-state index in [4.69, 9.17) is 27.9 Å². The zero-order valence-electron chi connectivity index (χ0n) is 11.8. The molecule has 1 N–H and O–H groups in total. The van der Waals surface area contributed by atoms with Crippen LogP contribution < -0.4 is 10.1 Å². The Bertz CT molecular complexity index is 653. The number of methoxy groups -OCH3 is 1. The Balaban J connectivity index is 1.88. The van der Waals surface area contributed by atoms with Gasteiger partial charge in [-0.3, -0.25) is 0 Å². The molecule has 2 aromatic carbocycles. The van der Waals surface area contributed by atoms with Gasteiger partial charge in [0, 0.05) is 24.2 Å². The predicted molar refractivity (Wildman–Crippen MR) is 88.3 cm³/mol. The summed E-state index contributed by atoms with van der Waals surface area (Å²) in [7, 11) is 1.58. The first-order valence-electron chi connectivity index (χ1n) is 7.03. The lowest BCUT2D eigenvalue weighted by molar-refractivity contribution is 0.415. The van der Waals surface area contributed by atoms with E-state index in [1.807, 2.05) is 18.2 Å². The van der Waals surface area contributed by atoms with Crippen LogP contribution in [0.25, 0.3) is 11.1 Å². The van der Waals surface area contributed by atoms with Gasteiger partial charge in [0.2, 0.25) is 0 Å². The average molecular weight is 322 g/mol. The average Bonchev–Trinajstić information content (AvgIpc) is 3.31. The molecule has 0 unspecified atom stereocenters. The maximum Gasteiger partial charge on any atom is 0.138 e. The molecule has 0 atom stereocenters. The minimum Gasteiger partial charge on any atom is -0.495 e. The van der Waals surface area contributed by atoms with Crippen molar-refractivity contribution in [3.8, 4) is 16.9 Å². The molecule has 21 heavy (non-hydrogen) atoms. The number of nitrogens with one attached hydrogen (secondary N) is 1. The van der Waals surface area contributed by atoms with Gasteiger partial charge in [-0.1, -0.05) is 41.4 Å². The van der Waals surface area contributed by atoms with Crippen molar-refractivity contribution >= 4 is 23.2 Å². The van der Waals surface area contributed by atoms with E-state index in [9.17, 15) is 0 Å². The summed E-state index contributed by atoms with van der Waals surface area (Å²) in [6.07, 6.45) is 2.58. The Hall–Kier alpha value is -1.22. The van der Waals surface area contributed by atoms with Crippen LogP contribution in [0.3, 0.4) is 0 Å². The fourth-order valence-electron chi connectivity index (χ4n) is 2.30. The maximum absolute atomic E-state index is 6.35. The molecular weight excluding hydrogens is 305 g/mol. The summed E-state index contributed by atoms with van der Waals surface area (Å²) in [6, 6.07) is 12.7. The smallest absolute Gasteiger partial charge is 0.138 e. The van der Waals surface area contributed by atoms with Crippen molar-refractivity contribution < 1.29 is 4.74 Å². The molecule has 0 heterocycles. The molecular formula is C17H17Cl2NO. The second kappa shape index (κ2) is 6.27. The van der Waals surface area contributed by atoms with Crippen molar-refractivity contribution in [1.29, 1.82) is 0 Å². The molecule has 0 bridgehead atoms. The van der Waals surface area contributed by atoms with Crippen LogP contribution in [-0.2, 0) is 6.54 Å². The molecule has 0 aromatic heterocycles. The fourth-order valence-corrected chi connectivity index (χ4v) is 2.81. The van der Waals surface area contributed by atoms with Gasteiger partial charge in [0.15, 0.2) is 0 Å². The standard InChI is InChI=1S/C17H17Cl2NO/c1-21-17-9-15(18)14(8-16(17)19)12-4-2-3-11(7-12)10-20-13-5-6-13/h2-4,7-9,13,20H,5-6,10H2,1H3. The maximum atomic E-state index is 6.35. The van der Waals surface area contributed by atoms with Gasteiger partial charge in [0.1, 0.15) is 5.75 Å². The minimum atomic E-state index is 0.568. The van der Waals surface area contributed by atoms with Gasteiger partial charge in [-0.05, 0) is 36.1 Å². The summed E-state index contributed by atoms with van der Waals surface area (Å²) in [4.78, 5) is 0. The number of benzene rings is 2. The molecule has 0 spiro atoms.